The molecular weight excluding hydrogens is 334 g/mol. The van der Waals surface area contributed by atoms with Gasteiger partial charge in [0, 0.05) is 51.3 Å². The van der Waals surface area contributed by atoms with E-state index in [4.69, 9.17) is 11.6 Å². The molecule has 0 radical (unpaired) electrons. The number of nitrogens with one attached hydrogen (secondary N) is 2. The third-order valence-electron chi connectivity index (χ3n) is 4.61. The van der Waals surface area contributed by atoms with Crippen LogP contribution in [0.15, 0.2) is 29.3 Å². The van der Waals surface area contributed by atoms with Crippen molar-refractivity contribution in [3.8, 4) is 0 Å². The van der Waals surface area contributed by atoms with E-state index in [1.165, 1.54) is 51.1 Å². The highest BCUT2D eigenvalue weighted by molar-refractivity contribution is 6.30. The van der Waals surface area contributed by atoms with Gasteiger partial charge in [0.05, 0.1) is 0 Å². The van der Waals surface area contributed by atoms with Crippen LogP contribution in [0.1, 0.15) is 18.4 Å². The van der Waals surface area contributed by atoms with Gasteiger partial charge in [-0.15, -0.1) is 0 Å². The maximum Gasteiger partial charge on any atom is 0.190 e. The number of likely N-dealkylation sites (N-methyl/N-ethyl adjacent to an activating group) is 1. The maximum absolute atomic E-state index is 6.01. The summed E-state index contributed by atoms with van der Waals surface area (Å²) < 4.78 is 0. The first-order chi connectivity index (χ1) is 12.2. The molecule has 1 aromatic carbocycles. The molecule has 2 N–H and O–H groups in total. The van der Waals surface area contributed by atoms with E-state index in [0.717, 1.165) is 30.5 Å². The van der Waals surface area contributed by atoms with E-state index in [9.17, 15) is 0 Å². The Hall–Kier alpha value is -1.30. The Morgan fingerprint density at radius 2 is 1.88 bits per heavy atom. The van der Waals surface area contributed by atoms with Crippen molar-refractivity contribution in [2.45, 2.75) is 19.3 Å². The minimum atomic E-state index is 0.792. The summed E-state index contributed by atoms with van der Waals surface area (Å²) in [7, 11) is 4.02. The van der Waals surface area contributed by atoms with Crippen LogP contribution in [-0.4, -0.2) is 75.7 Å². The number of rotatable bonds is 8. The van der Waals surface area contributed by atoms with Gasteiger partial charge in [-0.3, -0.25) is 4.99 Å². The molecule has 1 heterocycles. The van der Waals surface area contributed by atoms with Crippen molar-refractivity contribution < 1.29 is 0 Å². The smallest absolute Gasteiger partial charge is 0.190 e. The average Bonchev–Trinajstić information content (AvgIpc) is 2.61. The first-order valence-corrected chi connectivity index (χ1v) is 9.65. The lowest BCUT2D eigenvalue weighted by atomic mass is 10.1. The zero-order valence-electron chi connectivity index (χ0n) is 15.6. The highest BCUT2D eigenvalue weighted by Crippen LogP contribution is 2.10. The van der Waals surface area contributed by atoms with Gasteiger partial charge in [0.15, 0.2) is 5.96 Å². The third kappa shape index (κ3) is 8.08. The molecule has 1 saturated heterocycles. The second kappa shape index (κ2) is 11.3. The average molecular weight is 366 g/mol. The summed E-state index contributed by atoms with van der Waals surface area (Å²) in [5.41, 5.74) is 1.24. The molecule has 6 heteroatoms. The first-order valence-electron chi connectivity index (χ1n) is 9.27. The van der Waals surface area contributed by atoms with Gasteiger partial charge in [-0.05, 0) is 50.6 Å². The number of unbranched alkanes of at least 4 members (excludes halogenated alkanes) is 1. The minimum absolute atomic E-state index is 0.792. The number of aliphatic imine (C=N–C) groups is 1. The van der Waals surface area contributed by atoms with Crippen LogP contribution in [0.2, 0.25) is 5.02 Å². The zero-order chi connectivity index (χ0) is 17.9. The van der Waals surface area contributed by atoms with Crippen molar-refractivity contribution in [1.82, 2.24) is 20.4 Å². The Balaban J connectivity index is 1.53. The number of hydrogen-bond donors (Lipinski definition) is 2. The van der Waals surface area contributed by atoms with Crippen LogP contribution in [-0.2, 0) is 6.42 Å². The first kappa shape index (κ1) is 20.0. The van der Waals surface area contributed by atoms with Crippen LogP contribution in [0.4, 0.5) is 0 Å². The molecule has 0 spiro atoms. The third-order valence-corrected chi connectivity index (χ3v) is 4.84. The van der Waals surface area contributed by atoms with Gasteiger partial charge in [-0.25, -0.2) is 0 Å². The van der Waals surface area contributed by atoms with Crippen LogP contribution in [0.25, 0.3) is 0 Å². The van der Waals surface area contributed by atoms with Crippen molar-refractivity contribution >= 4 is 17.6 Å². The largest absolute Gasteiger partial charge is 0.356 e. The molecule has 140 valence electrons. The summed E-state index contributed by atoms with van der Waals surface area (Å²) in [6.07, 6.45) is 3.34. The van der Waals surface area contributed by atoms with E-state index in [2.05, 4.69) is 38.5 Å². The monoisotopic (exact) mass is 365 g/mol. The number of nitrogens with zero attached hydrogens (tertiary/aromatic N) is 3. The minimum Gasteiger partial charge on any atom is -0.356 e. The predicted octanol–water partition coefficient (Wildman–Crippen LogP) is 2.08. The van der Waals surface area contributed by atoms with E-state index < -0.39 is 0 Å². The highest BCUT2D eigenvalue weighted by atomic mass is 35.5. The van der Waals surface area contributed by atoms with E-state index in [1.54, 1.807) is 0 Å². The van der Waals surface area contributed by atoms with Crippen LogP contribution in [0.3, 0.4) is 0 Å². The normalized spacial score (nSPS) is 16.8. The van der Waals surface area contributed by atoms with Crippen molar-refractivity contribution in [3.63, 3.8) is 0 Å². The molecule has 0 unspecified atom stereocenters. The fourth-order valence-corrected chi connectivity index (χ4v) is 3.19. The standard InChI is InChI=1S/C19H32ClN5/c1-21-19(23-10-8-17-6-5-7-18(20)16-17)22-9-3-4-11-25-14-12-24(2)13-15-25/h5-7,16H,3-4,8-15H2,1-2H3,(H2,21,22,23). The Kier molecular flexibility index (Phi) is 9.08. The van der Waals surface area contributed by atoms with E-state index in [-0.39, 0.29) is 0 Å². The lowest BCUT2D eigenvalue weighted by molar-refractivity contribution is 0.152. The molecule has 0 atom stereocenters. The molecule has 5 nitrogen and oxygen atoms in total. The summed E-state index contributed by atoms with van der Waals surface area (Å²) in [6.45, 7) is 7.82. The Bertz CT molecular complexity index is 526. The fourth-order valence-electron chi connectivity index (χ4n) is 2.98. The summed E-state index contributed by atoms with van der Waals surface area (Å²) in [6, 6.07) is 8.01. The molecule has 0 aromatic heterocycles. The van der Waals surface area contributed by atoms with E-state index in [0.29, 0.717) is 0 Å². The fraction of sp³-hybridized carbons (Fsp3) is 0.632. The number of piperazine rings is 1. The predicted molar refractivity (Wildman–Crippen MR) is 108 cm³/mol. The van der Waals surface area contributed by atoms with Crippen LogP contribution >= 0.6 is 11.6 Å². The lowest BCUT2D eigenvalue weighted by Crippen LogP contribution is -2.44. The summed E-state index contributed by atoms with van der Waals surface area (Å²) in [5.74, 6) is 0.877. The molecular formula is C19H32ClN5. The number of guanidine groups is 1. The number of benzene rings is 1. The molecule has 2 rings (SSSR count). The van der Waals surface area contributed by atoms with Crippen molar-refractivity contribution in [2.24, 2.45) is 4.99 Å². The van der Waals surface area contributed by atoms with Crippen molar-refractivity contribution in [3.05, 3.63) is 34.9 Å². The van der Waals surface area contributed by atoms with Gasteiger partial charge >= 0.3 is 0 Å². The second-order valence-electron chi connectivity index (χ2n) is 6.66. The van der Waals surface area contributed by atoms with Crippen LogP contribution in [0, 0.1) is 0 Å². The quantitative estimate of drug-likeness (QED) is 0.420. The van der Waals surface area contributed by atoms with E-state index in [1.807, 2.05) is 25.2 Å². The van der Waals surface area contributed by atoms with Gasteiger partial charge in [0.25, 0.3) is 0 Å². The molecule has 1 fully saturated rings. The summed E-state index contributed by atoms with van der Waals surface area (Å²) in [5, 5.41) is 7.55. The van der Waals surface area contributed by atoms with Crippen LogP contribution in [0.5, 0.6) is 0 Å². The molecule has 0 saturated carbocycles. The number of halogens is 1. The summed E-state index contributed by atoms with van der Waals surface area (Å²) >= 11 is 6.01. The zero-order valence-corrected chi connectivity index (χ0v) is 16.4. The van der Waals surface area contributed by atoms with Gasteiger partial charge in [-0.1, -0.05) is 23.7 Å². The summed E-state index contributed by atoms with van der Waals surface area (Å²) in [4.78, 5) is 9.25. The topological polar surface area (TPSA) is 42.9 Å². The van der Waals surface area contributed by atoms with Gasteiger partial charge in [0.2, 0.25) is 0 Å². The van der Waals surface area contributed by atoms with Gasteiger partial charge in [-0.2, -0.15) is 0 Å². The highest BCUT2D eigenvalue weighted by Gasteiger charge is 2.12. The van der Waals surface area contributed by atoms with Crippen molar-refractivity contribution in [2.75, 3.05) is 59.9 Å². The Morgan fingerprint density at radius 3 is 2.60 bits per heavy atom. The van der Waals surface area contributed by atoms with Gasteiger partial charge < -0.3 is 20.4 Å². The molecule has 25 heavy (non-hydrogen) atoms. The maximum atomic E-state index is 6.01. The van der Waals surface area contributed by atoms with Crippen molar-refractivity contribution in [1.29, 1.82) is 0 Å². The Labute approximate surface area is 157 Å². The molecule has 0 amide bonds. The molecule has 1 aliphatic heterocycles. The number of hydrogen-bond acceptors (Lipinski definition) is 3. The Morgan fingerprint density at radius 1 is 1.12 bits per heavy atom. The molecule has 0 aliphatic carbocycles. The second-order valence-corrected chi connectivity index (χ2v) is 7.09. The molecule has 1 aromatic rings. The molecule has 1 aliphatic rings. The van der Waals surface area contributed by atoms with E-state index >= 15 is 0 Å². The lowest BCUT2D eigenvalue weighted by Gasteiger charge is -2.32. The molecule has 0 bridgehead atoms. The van der Waals surface area contributed by atoms with Gasteiger partial charge in [0.1, 0.15) is 0 Å². The van der Waals surface area contributed by atoms with Crippen LogP contribution < -0.4 is 10.6 Å². The SMILES string of the molecule is CN=C(NCCCCN1CCN(C)CC1)NCCc1cccc(Cl)c1.